The molecule has 2 aromatic carbocycles. The highest BCUT2D eigenvalue weighted by Crippen LogP contribution is 2.29. The number of aryl methyl sites for hydroxylation is 2. The second kappa shape index (κ2) is 7.66. The highest BCUT2D eigenvalue weighted by atomic mass is 16.3. The Hall–Kier alpha value is -4.46. The molecule has 0 atom stereocenters. The van der Waals surface area contributed by atoms with Crippen LogP contribution in [0.1, 0.15) is 27.2 Å². The fourth-order valence-corrected chi connectivity index (χ4v) is 3.52. The zero-order valence-electron chi connectivity index (χ0n) is 17.5. The van der Waals surface area contributed by atoms with E-state index in [0.717, 1.165) is 11.1 Å². The van der Waals surface area contributed by atoms with Crippen molar-refractivity contribution in [3.05, 3.63) is 83.3 Å². The Kier molecular flexibility index (Phi) is 4.67. The number of nitrogen functional groups attached to an aromatic ring is 1. The second-order valence-corrected chi connectivity index (χ2v) is 7.49. The van der Waals surface area contributed by atoms with E-state index < -0.39 is 0 Å². The van der Waals surface area contributed by atoms with Crippen LogP contribution in [-0.4, -0.2) is 26.8 Å². The first kappa shape index (κ1) is 19.5. The molecule has 0 aliphatic heterocycles. The van der Waals surface area contributed by atoms with E-state index in [1.165, 1.54) is 10.9 Å². The van der Waals surface area contributed by atoms with Gasteiger partial charge in [0, 0.05) is 5.69 Å². The maximum Gasteiger partial charge on any atom is 0.261 e. The van der Waals surface area contributed by atoms with Crippen molar-refractivity contribution >= 4 is 45.8 Å². The molecule has 8 heteroatoms. The smallest absolute Gasteiger partial charge is 0.261 e. The minimum atomic E-state index is -0.377. The second-order valence-electron chi connectivity index (χ2n) is 7.49. The first-order chi connectivity index (χ1) is 15.5. The van der Waals surface area contributed by atoms with Gasteiger partial charge in [0.05, 0.1) is 23.5 Å². The molecule has 0 spiro atoms. The number of carbonyl (C=O) groups is 1. The molecule has 8 nitrogen and oxygen atoms in total. The van der Waals surface area contributed by atoms with Crippen LogP contribution < -0.4 is 11.1 Å². The number of nitrogens with one attached hydrogen (secondary N) is 1. The molecular weight excluding hydrogens is 404 g/mol. The molecule has 0 saturated carbocycles. The zero-order chi connectivity index (χ0) is 22.2. The van der Waals surface area contributed by atoms with Crippen LogP contribution in [0, 0.1) is 13.8 Å². The van der Waals surface area contributed by atoms with Crippen LogP contribution in [0.25, 0.3) is 22.2 Å². The third kappa shape index (κ3) is 3.37. The van der Waals surface area contributed by atoms with Crippen LogP contribution in [0.4, 0.5) is 11.5 Å². The van der Waals surface area contributed by atoms with Crippen molar-refractivity contribution in [2.45, 2.75) is 13.8 Å². The summed E-state index contributed by atoms with van der Waals surface area (Å²) < 4.78 is 6.73. The number of amides is 1. The minimum Gasteiger partial charge on any atom is -0.463 e. The Morgan fingerprint density at radius 1 is 1.09 bits per heavy atom. The Labute approximate surface area is 183 Å². The molecule has 0 bridgehead atoms. The van der Waals surface area contributed by atoms with E-state index in [1.807, 2.05) is 56.3 Å². The molecule has 0 fully saturated rings. The third-order valence-corrected chi connectivity index (χ3v) is 5.19. The van der Waals surface area contributed by atoms with Crippen molar-refractivity contribution in [2.75, 3.05) is 11.1 Å². The Morgan fingerprint density at radius 2 is 1.88 bits per heavy atom. The van der Waals surface area contributed by atoms with Crippen molar-refractivity contribution in [3.63, 3.8) is 0 Å². The van der Waals surface area contributed by atoms with Crippen molar-refractivity contribution in [1.82, 2.24) is 14.6 Å². The van der Waals surface area contributed by atoms with E-state index in [9.17, 15) is 4.79 Å². The normalized spacial score (nSPS) is 11.6. The van der Waals surface area contributed by atoms with Crippen molar-refractivity contribution in [2.24, 2.45) is 5.10 Å². The number of nitrogens with zero attached hydrogens (tertiary/aromatic N) is 4. The summed E-state index contributed by atoms with van der Waals surface area (Å²) in [5.41, 5.74) is 11.4. The van der Waals surface area contributed by atoms with Crippen LogP contribution in [0.2, 0.25) is 0 Å². The average Bonchev–Trinajstić information content (AvgIpc) is 3.39. The summed E-state index contributed by atoms with van der Waals surface area (Å²) in [4.78, 5) is 22.7. The lowest BCUT2D eigenvalue weighted by Crippen LogP contribution is -2.15. The van der Waals surface area contributed by atoms with Gasteiger partial charge in [0.15, 0.2) is 5.65 Å². The van der Waals surface area contributed by atoms with Crippen LogP contribution >= 0.6 is 0 Å². The number of hydrogen-bond donors (Lipinski definition) is 2. The van der Waals surface area contributed by atoms with Gasteiger partial charge in [0.1, 0.15) is 22.7 Å². The number of aromatic nitrogens is 3. The molecule has 3 heterocycles. The van der Waals surface area contributed by atoms with Gasteiger partial charge in [-0.2, -0.15) is 9.78 Å². The first-order valence-electron chi connectivity index (χ1n) is 10.0. The van der Waals surface area contributed by atoms with E-state index in [1.54, 1.807) is 18.4 Å². The Balaban J connectivity index is 1.68. The number of fused-ring (bicyclic) bond motifs is 2. The van der Waals surface area contributed by atoms with Crippen LogP contribution in [0.3, 0.4) is 0 Å². The number of hydrogen-bond acceptors (Lipinski definition) is 6. The van der Waals surface area contributed by atoms with Gasteiger partial charge >= 0.3 is 0 Å². The van der Waals surface area contributed by atoms with E-state index in [-0.39, 0.29) is 17.3 Å². The SMILES string of the molecule is Cc1ccc(C)c(NC(=O)c2c(N)n(/N=C/c3ccco3)c3nc4ccccc4nc23)c1. The molecule has 3 aromatic heterocycles. The molecule has 158 valence electrons. The van der Waals surface area contributed by atoms with E-state index in [0.29, 0.717) is 33.6 Å². The van der Waals surface area contributed by atoms with Gasteiger partial charge in [-0.3, -0.25) is 4.79 Å². The van der Waals surface area contributed by atoms with E-state index in [4.69, 9.17) is 10.2 Å². The fraction of sp³-hybridized carbons (Fsp3) is 0.0833. The monoisotopic (exact) mass is 424 g/mol. The summed E-state index contributed by atoms with van der Waals surface area (Å²) in [6.07, 6.45) is 3.06. The summed E-state index contributed by atoms with van der Waals surface area (Å²) in [7, 11) is 0. The largest absolute Gasteiger partial charge is 0.463 e. The molecule has 0 aliphatic carbocycles. The van der Waals surface area contributed by atoms with Crippen LogP contribution in [0.5, 0.6) is 0 Å². The van der Waals surface area contributed by atoms with Crippen molar-refractivity contribution < 1.29 is 9.21 Å². The molecule has 5 aromatic rings. The summed E-state index contributed by atoms with van der Waals surface area (Å²) in [6.45, 7) is 3.90. The molecule has 0 saturated heterocycles. The van der Waals surface area contributed by atoms with Gasteiger partial charge < -0.3 is 15.5 Å². The Bertz CT molecular complexity index is 1500. The van der Waals surface area contributed by atoms with Gasteiger partial charge in [0.25, 0.3) is 5.91 Å². The summed E-state index contributed by atoms with van der Waals surface area (Å²) in [5.74, 6) is 0.306. The third-order valence-electron chi connectivity index (χ3n) is 5.19. The average molecular weight is 424 g/mol. The van der Waals surface area contributed by atoms with Gasteiger partial charge in [-0.25, -0.2) is 9.97 Å². The fourth-order valence-electron chi connectivity index (χ4n) is 3.52. The highest BCUT2D eigenvalue weighted by molar-refractivity contribution is 6.16. The highest BCUT2D eigenvalue weighted by Gasteiger charge is 2.24. The summed E-state index contributed by atoms with van der Waals surface area (Å²) >= 11 is 0. The molecule has 0 radical (unpaired) electrons. The van der Waals surface area contributed by atoms with Crippen LogP contribution in [-0.2, 0) is 0 Å². The summed E-state index contributed by atoms with van der Waals surface area (Å²) in [5, 5.41) is 7.38. The number of rotatable bonds is 4. The van der Waals surface area contributed by atoms with Crippen molar-refractivity contribution in [1.29, 1.82) is 0 Å². The topological polar surface area (TPSA) is 111 Å². The van der Waals surface area contributed by atoms with Gasteiger partial charge in [-0.1, -0.05) is 24.3 Å². The standard InChI is InChI=1S/C24H20N6O2/c1-14-9-10-15(2)19(12-14)29-24(31)20-21-23(28-18-8-4-3-7-17(18)27-21)30(22(20)25)26-13-16-6-5-11-32-16/h3-13H,25H2,1-2H3,(H,29,31)/b26-13+. The molecule has 32 heavy (non-hydrogen) atoms. The van der Waals surface area contributed by atoms with Gasteiger partial charge in [-0.05, 0) is 55.3 Å². The lowest BCUT2D eigenvalue weighted by atomic mass is 10.1. The maximum absolute atomic E-state index is 13.4. The predicted octanol–water partition coefficient (Wildman–Crippen LogP) is 4.51. The van der Waals surface area contributed by atoms with Crippen molar-refractivity contribution in [3.8, 4) is 0 Å². The molecule has 0 aliphatic rings. The number of para-hydroxylation sites is 2. The molecule has 3 N–H and O–H groups in total. The quantitative estimate of drug-likeness (QED) is 0.412. The van der Waals surface area contributed by atoms with Crippen LogP contribution in [0.15, 0.2) is 70.4 Å². The molecule has 5 rings (SSSR count). The predicted molar refractivity (Wildman–Crippen MR) is 125 cm³/mol. The lowest BCUT2D eigenvalue weighted by Gasteiger charge is -2.09. The summed E-state index contributed by atoms with van der Waals surface area (Å²) in [6, 6.07) is 16.8. The molecular formula is C24H20N6O2. The minimum absolute atomic E-state index is 0.140. The maximum atomic E-state index is 13.4. The number of anilines is 2. The Morgan fingerprint density at radius 3 is 2.62 bits per heavy atom. The number of carbonyl (C=O) groups excluding carboxylic acids is 1. The lowest BCUT2D eigenvalue weighted by molar-refractivity contribution is 0.102. The zero-order valence-corrected chi connectivity index (χ0v) is 17.5. The van der Waals surface area contributed by atoms with Gasteiger partial charge in [0.2, 0.25) is 0 Å². The van der Waals surface area contributed by atoms with E-state index >= 15 is 0 Å². The molecule has 1 amide bonds. The number of nitrogens with two attached hydrogens (primary N) is 1. The first-order valence-corrected chi connectivity index (χ1v) is 10.0. The van der Waals surface area contributed by atoms with E-state index in [2.05, 4.69) is 20.4 Å². The van der Waals surface area contributed by atoms with Gasteiger partial charge in [-0.15, -0.1) is 0 Å². The molecule has 0 unspecified atom stereocenters. The number of benzene rings is 2. The number of furan rings is 1.